The Morgan fingerprint density at radius 3 is 2.89 bits per heavy atom. The predicted molar refractivity (Wildman–Crippen MR) is 82.5 cm³/mol. The third-order valence-corrected chi connectivity index (χ3v) is 5.22. The van der Waals surface area contributed by atoms with Gasteiger partial charge in [-0.05, 0) is 37.5 Å². The molecule has 5 heteroatoms. The number of thioether (sulfide) groups is 1. The van der Waals surface area contributed by atoms with E-state index in [1.807, 2.05) is 25.1 Å². The van der Waals surface area contributed by atoms with Gasteiger partial charge < -0.3 is 10.1 Å². The number of anilines is 1. The fraction of sp³-hybridized carbons (Fsp3) is 0.500. The van der Waals surface area contributed by atoms with Gasteiger partial charge in [-0.3, -0.25) is 4.99 Å². The molecule has 2 aliphatic rings. The molecule has 3 nitrogen and oxygen atoms in total. The number of benzene rings is 1. The third-order valence-electron chi connectivity index (χ3n) is 3.66. The summed E-state index contributed by atoms with van der Waals surface area (Å²) in [6.45, 7) is 3.66. The van der Waals surface area contributed by atoms with Gasteiger partial charge in [-0.15, -0.1) is 0 Å². The summed E-state index contributed by atoms with van der Waals surface area (Å²) in [6, 6.07) is 6.02. The molecule has 0 amide bonds. The number of halogens is 1. The van der Waals surface area contributed by atoms with Crippen molar-refractivity contribution >= 4 is 34.2 Å². The Labute approximate surface area is 122 Å². The molecule has 0 bridgehead atoms. The minimum Gasteiger partial charge on any atom is -0.381 e. The molecule has 3 rings (SSSR count). The van der Waals surface area contributed by atoms with Crippen molar-refractivity contribution in [3.8, 4) is 0 Å². The van der Waals surface area contributed by atoms with Crippen LogP contribution in [0.3, 0.4) is 0 Å². The quantitative estimate of drug-likeness (QED) is 0.858. The van der Waals surface area contributed by atoms with E-state index in [0.717, 1.165) is 53.2 Å². The second-order valence-corrected chi connectivity index (χ2v) is 6.50. The number of nitrogens with zero attached hydrogens (tertiary/aromatic N) is 1. The first kappa shape index (κ1) is 13.3. The highest BCUT2D eigenvalue weighted by molar-refractivity contribution is 8.14. The Balaban J connectivity index is 1.73. The number of aliphatic imine (C=N–C) groups is 1. The first-order valence-corrected chi connectivity index (χ1v) is 7.87. The van der Waals surface area contributed by atoms with Crippen LogP contribution in [-0.4, -0.2) is 29.7 Å². The second-order valence-electron chi connectivity index (χ2n) is 5.13. The Kier molecular flexibility index (Phi) is 3.74. The van der Waals surface area contributed by atoms with E-state index in [2.05, 4.69) is 5.32 Å². The van der Waals surface area contributed by atoms with Crippen molar-refractivity contribution in [2.75, 3.05) is 24.3 Å². The largest absolute Gasteiger partial charge is 0.381 e. The lowest BCUT2D eigenvalue weighted by atomic mass is 9.93. The van der Waals surface area contributed by atoms with Crippen molar-refractivity contribution in [2.45, 2.75) is 25.3 Å². The summed E-state index contributed by atoms with van der Waals surface area (Å²) in [6.07, 6.45) is 2.06. The van der Waals surface area contributed by atoms with Crippen LogP contribution in [0.15, 0.2) is 23.2 Å². The lowest BCUT2D eigenvalue weighted by Gasteiger charge is -2.29. The highest BCUT2D eigenvalue weighted by atomic mass is 35.5. The van der Waals surface area contributed by atoms with E-state index in [-0.39, 0.29) is 5.54 Å². The van der Waals surface area contributed by atoms with Gasteiger partial charge in [0.15, 0.2) is 5.17 Å². The number of aryl methyl sites for hydroxylation is 1. The molecule has 0 radical (unpaired) electrons. The van der Waals surface area contributed by atoms with Crippen LogP contribution >= 0.6 is 23.4 Å². The molecule has 19 heavy (non-hydrogen) atoms. The highest BCUT2D eigenvalue weighted by Gasteiger charge is 2.37. The molecule has 1 fully saturated rings. The van der Waals surface area contributed by atoms with Crippen LogP contribution in [0.2, 0.25) is 5.02 Å². The lowest BCUT2D eigenvalue weighted by molar-refractivity contribution is 0.0624. The highest BCUT2D eigenvalue weighted by Crippen LogP contribution is 2.36. The molecule has 0 unspecified atom stereocenters. The van der Waals surface area contributed by atoms with Gasteiger partial charge in [-0.2, -0.15) is 0 Å². The van der Waals surface area contributed by atoms with E-state index in [4.69, 9.17) is 21.3 Å². The van der Waals surface area contributed by atoms with Crippen molar-refractivity contribution in [2.24, 2.45) is 4.99 Å². The van der Waals surface area contributed by atoms with Gasteiger partial charge in [0.25, 0.3) is 0 Å². The Bertz CT molecular complexity index is 512. The smallest absolute Gasteiger partial charge is 0.161 e. The number of ether oxygens (including phenoxy) is 1. The van der Waals surface area contributed by atoms with E-state index in [0.29, 0.717) is 0 Å². The topological polar surface area (TPSA) is 33.6 Å². The number of nitrogens with one attached hydrogen (secondary N) is 1. The Hall–Kier alpha value is -0.710. The maximum absolute atomic E-state index is 6.14. The van der Waals surface area contributed by atoms with Gasteiger partial charge in [0.1, 0.15) is 0 Å². The van der Waals surface area contributed by atoms with Gasteiger partial charge in [-0.1, -0.05) is 29.4 Å². The van der Waals surface area contributed by atoms with Gasteiger partial charge in [0.2, 0.25) is 0 Å². The van der Waals surface area contributed by atoms with E-state index >= 15 is 0 Å². The number of amidine groups is 1. The van der Waals surface area contributed by atoms with Crippen LogP contribution in [0.25, 0.3) is 0 Å². The molecule has 2 aliphatic heterocycles. The molecule has 1 aromatic carbocycles. The average Bonchev–Trinajstić information content (AvgIpc) is 2.78. The van der Waals surface area contributed by atoms with Crippen LogP contribution in [0.4, 0.5) is 5.69 Å². The summed E-state index contributed by atoms with van der Waals surface area (Å²) in [5.41, 5.74) is 2.19. The maximum atomic E-state index is 6.14. The number of hydrogen-bond donors (Lipinski definition) is 1. The van der Waals surface area contributed by atoms with Crippen LogP contribution < -0.4 is 5.32 Å². The zero-order chi connectivity index (χ0) is 13.3. The minimum absolute atomic E-state index is 0.0970. The molecule has 1 aromatic rings. The standard InChI is InChI=1S/C14H17ClN2OS/c1-10-2-3-11(8-12(10)15)16-13-17-14(9-19-13)4-6-18-7-5-14/h2-3,8H,4-7,9H2,1H3,(H,16,17). The molecular formula is C14H17ClN2OS. The van der Waals surface area contributed by atoms with Gasteiger partial charge in [0, 0.05) is 29.7 Å². The molecule has 0 saturated carbocycles. The van der Waals surface area contributed by atoms with Gasteiger partial charge in [0.05, 0.1) is 5.54 Å². The predicted octanol–water partition coefficient (Wildman–Crippen LogP) is 3.71. The number of hydrogen-bond acceptors (Lipinski definition) is 4. The molecule has 0 aliphatic carbocycles. The summed E-state index contributed by atoms with van der Waals surface area (Å²) in [5, 5.41) is 5.16. The fourth-order valence-electron chi connectivity index (χ4n) is 2.35. The molecule has 0 aromatic heterocycles. The van der Waals surface area contributed by atoms with Crippen molar-refractivity contribution in [1.82, 2.24) is 0 Å². The van der Waals surface area contributed by atoms with Gasteiger partial charge >= 0.3 is 0 Å². The average molecular weight is 297 g/mol. The first-order valence-electron chi connectivity index (χ1n) is 6.51. The summed E-state index contributed by atoms with van der Waals surface area (Å²) < 4.78 is 5.42. The normalized spacial score (nSPS) is 21.5. The van der Waals surface area contributed by atoms with Crippen molar-refractivity contribution < 1.29 is 4.74 Å². The molecule has 2 heterocycles. The molecule has 0 atom stereocenters. The van der Waals surface area contributed by atoms with Crippen molar-refractivity contribution in [3.63, 3.8) is 0 Å². The van der Waals surface area contributed by atoms with Crippen LogP contribution in [0.1, 0.15) is 18.4 Å². The summed E-state index contributed by atoms with van der Waals surface area (Å²) >= 11 is 7.93. The monoisotopic (exact) mass is 296 g/mol. The van der Waals surface area contributed by atoms with E-state index in [9.17, 15) is 0 Å². The van der Waals surface area contributed by atoms with E-state index < -0.39 is 0 Å². The molecule has 1 N–H and O–H groups in total. The number of rotatable bonds is 1. The maximum Gasteiger partial charge on any atom is 0.161 e. The fourth-order valence-corrected chi connectivity index (χ4v) is 3.74. The van der Waals surface area contributed by atoms with E-state index in [1.165, 1.54) is 0 Å². The van der Waals surface area contributed by atoms with Crippen LogP contribution in [0, 0.1) is 6.92 Å². The second kappa shape index (κ2) is 5.35. The molecule has 1 saturated heterocycles. The molecule has 1 spiro atoms. The van der Waals surface area contributed by atoms with E-state index in [1.54, 1.807) is 11.8 Å². The van der Waals surface area contributed by atoms with Crippen LogP contribution in [-0.2, 0) is 4.74 Å². The zero-order valence-corrected chi connectivity index (χ0v) is 12.5. The first-order chi connectivity index (χ1) is 9.17. The minimum atomic E-state index is 0.0970. The Morgan fingerprint density at radius 1 is 1.37 bits per heavy atom. The SMILES string of the molecule is Cc1ccc(NC2=NC3(CCOCC3)CS2)cc1Cl. The van der Waals surface area contributed by atoms with Crippen molar-refractivity contribution in [1.29, 1.82) is 0 Å². The third kappa shape index (κ3) is 2.91. The van der Waals surface area contributed by atoms with Crippen LogP contribution in [0.5, 0.6) is 0 Å². The Morgan fingerprint density at radius 2 is 2.16 bits per heavy atom. The lowest BCUT2D eigenvalue weighted by Crippen LogP contribution is -2.34. The summed E-state index contributed by atoms with van der Waals surface area (Å²) in [5.74, 6) is 1.05. The van der Waals surface area contributed by atoms with Crippen molar-refractivity contribution in [3.05, 3.63) is 28.8 Å². The summed E-state index contributed by atoms with van der Waals surface area (Å²) in [4.78, 5) is 4.87. The molecular weight excluding hydrogens is 280 g/mol. The summed E-state index contributed by atoms with van der Waals surface area (Å²) in [7, 11) is 0. The molecule has 102 valence electrons. The zero-order valence-electron chi connectivity index (χ0n) is 10.9. The van der Waals surface area contributed by atoms with Gasteiger partial charge in [-0.25, -0.2) is 0 Å².